The van der Waals surface area contributed by atoms with Gasteiger partial charge in [0.15, 0.2) is 3.95 Å². The highest BCUT2D eigenvalue weighted by atomic mass is 32.1. The number of hydrogen-bond acceptors (Lipinski definition) is 4. The lowest BCUT2D eigenvalue weighted by Crippen LogP contribution is -2.17. The highest BCUT2D eigenvalue weighted by Crippen LogP contribution is 2.25. The Kier molecular flexibility index (Phi) is 4.09. The van der Waals surface area contributed by atoms with Gasteiger partial charge in [-0.1, -0.05) is 6.07 Å². The molecule has 2 aromatic rings. The fourth-order valence-corrected chi connectivity index (χ4v) is 2.18. The molecule has 0 spiro atoms. The van der Waals surface area contributed by atoms with E-state index in [0.29, 0.717) is 3.95 Å². The van der Waals surface area contributed by atoms with Crippen molar-refractivity contribution < 1.29 is 22.7 Å². The number of anilines is 1. The summed E-state index contributed by atoms with van der Waals surface area (Å²) in [6.45, 7) is 0. The minimum atomic E-state index is -4.78. The van der Waals surface area contributed by atoms with Gasteiger partial charge >= 0.3 is 6.36 Å². The van der Waals surface area contributed by atoms with E-state index in [9.17, 15) is 18.0 Å². The topological polar surface area (TPSA) is 54.1 Å². The van der Waals surface area contributed by atoms with Crippen LogP contribution < -0.4 is 10.1 Å². The minimum absolute atomic E-state index is 0.183. The molecular weight excluding hydrogens is 313 g/mol. The number of halogens is 3. The lowest BCUT2D eigenvalue weighted by molar-refractivity contribution is -0.274. The lowest BCUT2D eigenvalue weighted by Gasteiger charge is -2.10. The fourth-order valence-electron chi connectivity index (χ4n) is 1.36. The van der Waals surface area contributed by atoms with Crippen molar-refractivity contribution in [1.82, 2.24) is 4.98 Å². The van der Waals surface area contributed by atoms with Crippen molar-refractivity contribution in [1.29, 1.82) is 0 Å². The summed E-state index contributed by atoms with van der Waals surface area (Å²) in [7, 11) is 0. The number of alkyl halides is 3. The molecule has 0 atom stereocenters. The number of aromatic nitrogens is 1. The van der Waals surface area contributed by atoms with Gasteiger partial charge in [0, 0.05) is 17.1 Å². The predicted octanol–water partition coefficient (Wildman–Crippen LogP) is 3.96. The van der Waals surface area contributed by atoms with E-state index in [0.717, 1.165) is 12.1 Å². The van der Waals surface area contributed by atoms with Crippen LogP contribution in [0.5, 0.6) is 5.75 Å². The normalized spacial score (nSPS) is 11.2. The number of hydrogen-bond donors (Lipinski definition) is 2. The van der Waals surface area contributed by atoms with E-state index in [2.05, 4.69) is 15.0 Å². The molecule has 0 aliphatic rings. The van der Waals surface area contributed by atoms with Crippen LogP contribution in [0.15, 0.2) is 29.6 Å². The summed E-state index contributed by atoms with van der Waals surface area (Å²) in [5.41, 5.74) is 0.421. The van der Waals surface area contributed by atoms with E-state index < -0.39 is 18.0 Å². The van der Waals surface area contributed by atoms with Crippen LogP contribution in [-0.4, -0.2) is 17.3 Å². The zero-order chi connectivity index (χ0) is 14.8. The van der Waals surface area contributed by atoms with Crippen LogP contribution in [-0.2, 0) is 0 Å². The average molecular weight is 320 g/mol. The molecule has 1 heterocycles. The number of thiazole rings is 1. The maximum atomic E-state index is 12.1. The molecule has 4 nitrogen and oxygen atoms in total. The summed E-state index contributed by atoms with van der Waals surface area (Å²) in [5, 5.41) is 3.96. The highest BCUT2D eigenvalue weighted by Gasteiger charge is 2.31. The molecule has 0 aliphatic carbocycles. The zero-order valence-electron chi connectivity index (χ0n) is 9.65. The molecule has 0 saturated carbocycles. The molecule has 2 rings (SSSR count). The number of rotatable bonds is 3. The number of H-pyrrole nitrogens is 1. The summed E-state index contributed by atoms with van der Waals surface area (Å²) >= 11 is 6.01. The number of nitrogens with one attached hydrogen (secondary N) is 2. The second kappa shape index (κ2) is 5.63. The van der Waals surface area contributed by atoms with Crippen molar-refractivity contribution in [2.75, 3.05) is 5.32 Å². The Morgan fingerprint density at radius 2 is 2.15 bits per heavy atom. The predicted molar refractivity (Wildman–Crippen MR) is 70.6 cm³/mol. The second-order valence-electron chi connectivity index (χ2n) is 3.59. The average Bonchev–Trinajstić information content (AvgIpc) is 2.74. The first-order valence-corrected chi connectivity index (χ1v) is 6.47. The number of ether oxygens (including phenoxy) is 1. The van der Waals surface area contributed by atoms with E-state index in [1.807, 2.05) is 0 Å². The van der Waals surface area contributed by atoms with Gasteiger partial charge in [0.25, 0.3) is 5.91 Å². The van der Waals surface area contributed by atoms with Gasteiger partial charge in [-0.15, -0.1) is 24.5 Å². The summed E-state index contributed by atoms with van der Waals surface area (Å²) in [6.07, 6.45) is -4.78. The molecule has 20 heavy (non-hydrogen) atoms. The molecule has 106 valence electrons. The van der Waals surface area contributed by atoms with Crippen molar-refractivity contribution >= 4 is 35.1 Å². The molecule has 0 radical (unpaired) electrons. The van der Waals surface area contributed by atoms with Crippen LogP contribution >= 0.6 is 23.6 Å². The van der Waals surface area contributed by atoms with Gasteiger partial charge in [-0.25, -0.2) is 0 Å². The molecule has 9 heteroatoms. The van der Waals surface area contributed by atoms with Gasteiger partial charge < -0.3 is 15.0 Å². The SMILES string of the molecule is O=C(Nc1cccc(OC(F)(F)F)c1)c1csc(=S)[nH]1. The van der Waals surface area contributed by atoms with Gasteiger partial charge in [-0.2, -0.15) is 0 Å². The Bertz CT molecular complexity index is 679. The van der Waals surface area contributed by atoms with E-state index in [-0.39, 0.29) is 11.4 Å². The number of aromatic amines is 1. The third-order valence-electron chi connectivity index (χ3n) is 2.09. The third-order valence-corrected chi connectivity index (χ3v) is 3.15. The van der Waals surface area contributed by atoms with Crippen LogP contribution in [0, 0.1) is 3.95 Å². The summed E-state index contributed by atoms with van der Waals surface area (Å²) in [6, 6.07) is 5.00. The van der Waals surface area contributed by atoms with Crippen molar-refractivity contribution in [2.24, 2.45) is 0 Å². The van der Waals surface area contributed by atoms with Gasteiger partial charge in [-0.3, -0.25) is 4.79 Å². The minimum Gasteiger partial charge on any atom is -0.406 e. The molecule has 0 fully saturated rings. The highest BCUT2D eigenvalue weighted by molar-refractivity contribution is 7.73. The standard InChI is InChI=1S/C11H7F3N2O2S2/c12-11(13,14)18-7-3-1-2-6(4-7)15-9(17)8-5-20-10(19)16-8/h1-5H,(H,15,17)(H,16,19). The number of carbonyl (C=O) groups is 1. The Balaban J connectivity index is 2.12. The van der Waals surface area contributed by atoms with E-state index >= 15 is 0 Å². The van der Waals surface area contributed by atoms with Crippen molar-refractivity contribution in [2.45, 2.75) is 6.36 Å². The van der Waals surface area contributed by atoms with Gasteiger partial charge in [0.2, 0.25) is 0 Å². The van der Waals surface area contributed by atoms with Crippen LogP contribution in [0.25, 0.3) is 0 Å². The Morgan fingerprint density at radius 1 is 1.40 bits per heavy atom. The molecule has 0 saturated heterocycles. The first kappa shape index (κ1) is 14.5. The smallest absolute Gasteiger partial charge is 0.406 e. The Labute approximate surface area is 120 Å². The molecule has 0 bridgehead atoms. The first-order chi connectivity index (χ1) is 9.33. The van der Waals surface area contributed by atoms with Crippen LogP contribution in [0.4, 0.5) is 18.9 Å². The fraction of sp³-hybridized carbons (Fsp3) is 0.0909. The number of carbonyl (C=O) groups excluding carboxylic acids is 1. The molecule has 0 aliphatic heterocycles. The van der Waals surface area contributed by atoms with Crippen LogP contribution in [0.1, 0.15) is 10.5 Å². The number of amides is 1. The van der Waals surface area contributed by atoms with Crippen molar-refractivity contribution in [3.8, 4) is 5.75 Å². The molecule has 2 N–H and O–H groups in total. The third kappa shape index (κ3) is 4.07. The number of benzene rings is 1. The molecular formula is C11H7F3N2O2S2. The van der Waals surface area contributed by atoms with Gasteiger partial charge in [0.1, 0.15) is 11.4 Å². The summed E-state index contributed by atoms with van der Waals surface area (Å²) < 4.78 is 40.4. The summed E-state index contributed by atoms with van der Waals surface area (Å²) in [4.78, 5) is 14.4. The van der Waals surface area contributed by atoms with Crippen LogP contribution in [0.3, 0.4) is 0 Å². The molecule has 1 aromatic carbocycles. The molecule has 1 amide bonds. The van der Waals surface area contributed by atoms with Gasteiger partial charge in [-0.05, 0) is 24.4 Å². The Hall–Kier alpha value is -1.87. The Morgan fingerprint density at radius 3 is 2.75 bits per heavy atom. The van der Waals surface area contributed by atoms with E-state index in [1.54, 1.807) is 0 Å². The van der Waals surface area contributed by atoms with Gasteiger partial charge in [0.05, 0.1) is 0 Å². The second-order valence-corrected chi connectivity index (χ2v) is 5.14. The lowest BCUT2D eigenvalue weighted by atomic mass is 10.3. The maximum absolute atomic E-state index is 12.1. The molecule has 1 aromatic heterocycles. The first-order valence-electron chi connectivity index (χ1n) is 5.18. The largest absolute Gasteiger partial charge is 0.573 e. The quantitative estimate of drug-likeness (QED) is 0.842. The van der Waals surface area contributed by atoms with Crippen LogP contribution in [0.2, 0.25) is 0 Å². The van der Waals surface area contributed by atoms with Crippen molar-refractivity contribution in [3.63, 3.8) is 0 Å². The van der Waals surface area contributed by atoms with Crippen molar-refractivity contribution in [3.05, 3.63) is 39.3 Å². The van der Waals surface area contributed by atoms with E-state index in [4.69, 9.17) is 12.2 Å². The zero-order valence-corrected chi connectivity index (χ0v) is 11.3. The maximum Gasteiger partial charge on any atom is 0.573 e. The molecule has 0 unspecified atom stereocenters. The monoisotopic (exact) mass is 320 g/mol. The van der Waals surface area contributed by atoms with E-state index in [1.165, 1.54) is 28.8 Å². The summed E-state index contributed by atoms with van der Waals surface area (Å²) in [5.74, 6) is -0.907.